The summed E-state index contributed by atoms with van der Waals surface area (Å²) in [4.78, 5) is 18.7. The van der Waals surface area contributed by atoms with Crippen LogP contribution in [0.25, 0.3) is 10.9 Å². The topological polar surface area (TPSA) is 66.5 Å². The average Bonchev–Trinajstić information content (AvgIpc) is 2.67. The van der Waals surface area contributed by atoms with Gasteiger partial charge in [-0.1, -0.05) is 18.2 Å². The highest BCUT2D eigenvalue weighted by Crippen LogP contribution is 2.26. The van der Waals surface area contributed by atoms with Crippen molar-refractivity contribution in [2.45, 2.75) is 26.1 Å². The number of carbonyl (C=O) groups is 1. The summed E-state index contributed by atoms with van der Waals surface area (Å²) < 4.78 is 20.4. The minimum Gasteiger partial charge on any atom is -0.372 e. The predicted molar refractivity (Wildman–Crippen MR) is 113 cm³/mol. The summed E-state index contributed by atoms with van der Waals surface area (Å²) in [6.07, 6.45) is 1.75. The first kappa shape index (κ1) is 19.1. The number of nitrogens with zero attached hydrogens (tertiary/aromatic N) is 2. The Hall–Kier alpha value is -3.19. The van der Waals surface area contributed by atoms with Gasteiger partial charge in [0.15, 0.2) is 0 Å². The van der Waals surface area contributed by atoms with E-state index < -0.39 is 6.03 Å². The Bertz CT molecular complexity index is 1030. The lowest BCUT2D eigenvalue weighted by molar-refractivity contribution is -0.00539. The molecule has 150 valence electrons. The van der Waals surface area contributed by atoms with Crippen molar-refractivity contribution in [3.63, 3.8) is 0 Å². The fraction of sp³-hybridized carbons (Fsp3) is 0.273. The van der Waals surface area contributed by atoms with Crippen LogP contribution in [0.15, 0.2) is 54.7 Å². The van der Waals surface area contributed by atoms with Crippen molar-refractivity contribution in [1.82, 2.24) is 4.98 Å². The van der Waals surface area contributed by atoms with Crippen LogP contribution in [0, 0.1) is 5.82 Å². The Morgan fingerprint density at radius 1 is 1.10 bits per heavy atom. The number of carbonyl (C=O) groups excluding carboxylic acids is 1. The normalized spacial score (nSPS) is 19.2. The van der Waals surface area contributed by atoms with Crippen LogP contribution >= 0.6 is 0 Å². The smallest absolute Gasteiger partial charge is 0.323 e. The Morgan fingerprint density at radius 2 is 1.86 bits per heavy atom. The van der Waals surface area contributed by atoms with E-state index >= 15 is 0 Å². The molecule has 2 aromatic carbocycles. The third kappa shape index (κ3) is 4.30. The maximum Gasteiger partial charge on any atom is 0.323 e. The molecule has 1 fully saturated rings. The van der Waals surface area contributed by atoms with Crippen LogP contribution in [0.2, 0.25) is 0 Å². The summed E-state index contributed by atoms with van der Waals surface area (Å²) in [7, 11) is 0. The largest absolute Gasteiger partial charge is 0.372 e. The van der Waals surface area contributed by atoms with Crippen LogP contribution in [-0.4, -0.2) is 36.3 Å². The average molecular weight is 394 g/mol. The number of ether oxygens (including phenoxy) is 1. The standard InChI is InChI=1S/C22H23FN4O2/c1-14-12-27(13-15(2)29-14)20-9-8-17(11-18(20)23)25-22(28)26-19-7-3-5-16-6-4-10-24-21(16)19/h3-11,14-15H,12-13H2,1-2H3,(H2,25,26,28)/t14-,15-/m0/s1. The minimum absolute atomic E-state index is 0.0380. The number of morpholine rings is 1. The molecule has 1 aliphatic heterocycles. The van der Waals surface area contributed by atoms with E-state index in [4.69, 9.17) is 4.74 Å². The highest BCUT2D eigenvalue weighted by Gasteiger charge is 2.24. The van der Waals surface area contributed by atoms with E-state index in [1.54, 1.807) is 24.4 Å². The van der Waals surface area contributed by atoms with Gasteiger partial charge in [-0.05, 0) is 44.2 Å². The molecule has 2 N–H and O–H groups in total. The van der Waals surface area contributed by atoms with E-state index in [1.165, 1.54) is 6.07 Å². The van der Waals surface area contributed by atoms with Crippen LogP contribution in [0.4, 0.5) is 26.2 Å². The zero-order valence-electron chi connectivity index (χ0n) is 16.4. The molecule has 6 nitrogen and oxygen atoms in total. The second-order valence-corrected chi connectivity index (χ2v) is 7.29. The molecule has 0 radical (unpaired) electrons. The number of nitrogens with one attached hydrogen (secondary N) is 2. The third-order valence-corrected chi connectivity index (χ3v) is 4.85. The molecule has 0 saturated carbocycles. The number of hydrogen-bond donors (Lipinski definition) is 2. The number of pyridine rings is 1. The van der Waals surface area contributed by atoms with E-state index in [9.17, 15) is 9.18 Å². The molecule has 0 aliphatic carbocycles. The van der Waals surface area contributed by atoms with Crippen LogP contribution < -0.4 is 15.5 Å². The van der Waals surface area contributed by atoms with Gasteiger partial charge >= 0.3 is 6.03 Å². The van der Waals surface area contributed by atoms with Crippen LogP contribution in [0.5, 0.6) is 0 Å². The number of fused-ring (bicyclic) bond motifs is 1. The molecule has 2 heterocycles. The molecule has 1 aliphatic rings. The molecule has 2 amide bonds. The number of amides is 2. The van der Waals surface area contributed by atoms with Gasteiger partial charge in [0.05, 0.1) is 29.1 Å². The summed E-state index contributed by atoms with van der Waals surface area (Å²) in [5.74, 6) is -0.379. The summed E-state index contributed by atoms with van der Waals surface area (Å²) in [6, 6.07) is 13.6. The van der Waals surface area contributed by atoms with Crippen LogP contribution in [0.1, 0.15) is 13.8 Å². The SMILES string of the molecule is C[C@H]1CN(c2ccc(NC(=O)Nc3cccc4cccnc34)cc2F)C[C@H](C)O1. The van der Waals surface area contributed by atoms with E-state index in [1.807, 2.05) is 43.0 Å². The van der Waals surface area contributed by atoms with E-state index in [-0.39, 0.29) is 18.0 Å². The Kier molecular flexibility index (Phi) is 5.31. The number of anilines is 3. The molecular formula is C22H23FN4O2. The summed E-state index contributed by atoms with van der Waals surface area (Å²) in [5, 5.41) is 6.39. The summed E-state index contributed by atoms with van der Waals surface area (Å²) >= 11 is 0. The predicted octanol–water partition coefficient (Wildman–Crippen LogP) is 4.63. The van der Waals surface area contributed by atoms with Gasteiger partial charge in [0.25, 0.3) is 0 Å². The molecule has 1 aromatic heterocycles. The first-order chi connectivity index (χ1) is 14.0. The zero-order chi connectivity index (χ0) is 20.4. The maximum atomic E-state index is 14.7. The number of halogens is 1. The lowest BCUT2D eigenvalue weighted by atomic mass is 10.2. The number of rotatable bonds is 3. The van der Waals surface area contributed by atoms with Crippen molar-refractivity contribution in [2.24, 2.45) is 0 Å². The van der Waals surface area contributed by atoms with Gasteiger partial charge in [0, 0.05) is 30.4 Å². The monoisotopic (exact) mass is 394 g/mol. The molecular weight excluding hydrogens is 371 g/mol. The number of hydrogen-bond acceptors (Lipinski definition) is 4. The van der Waals surface area contributed by atoms with Gasteiger partial charge in [-0.3, -0.25) is 4.98 Å². The van der Waals surface area contributed by atoms with Crippen molar-refractivity contribution in [3.05, 3.63) is 60.5 Å². The van der Waals surface area contributed by atoms with Crippen molar-refractivity contribution >= 4 is 34.0 Å². The van der Waals surface area contributed by atoms with E-state index in [0.717, 1.165) is 5.39 Å². The molecule has 2 atom stereocenters. The fourth-order valence-corrected chi connectivity index (χ4v) is 3.71. The molecule has 0 bridgehead atoms. The molecule has 0 spiro atoms. The molecule has 0 unspecified atom stereocenters. The highest BCUT2D eigenvalue weighted by atomic mass is 19.1. The second-order valence-electron chi connectivity index (χ2n) is 7.29. The van der Waals surface area contributed by atoms with E-state index in [0.29, 0.717) is 35.7 Å². The number of benzene rings is 2. The van der Waals surface area contributed by atoms with Gasteiger partial charge in [-0.15, -0.1) is 0 Å². The Morgan fingerprint density at radius 3 is 2.62 bits per heavy atom. The van der Waals surface area contributed by atoms with Crippen molar-refractivity contribution in [1.29, 1.82) is 0 Å². The molecule has 7 heteroatoms. The van der Waals surface area contributed by atoms with Crippen LogP contribution in [-0.2, 0) is 4.74 Å². The van der Waals surface area contributed by atoms with Crippen molar-refractivity contribution in [3.8, 4) is 0 Å². The van der Waals surface area contributed by atoms with Gasteiger partial charge < -0.3 is 20.3 Å². The summed E-state index contributed by atoms with van der Waals surface area (Å²) in [6.45, 7) is 5.21. The molecule has 1 saturated heterocycles. The third-order valence-electron chi connectivity index (χ3n) is 4.85. The number of aromatic nitrogens is 1. The highest BCUT2D eigenvalue weighted by molar-refractivity contribution is 6.05. The number of para-hydroxylation sites is 1. The van der Waals surface area contributed by atoms with Crippen molar-refractivity contribution in [2.75, 3.05) is 28.6 Å². The lowest BCUT2D eigenvalue weighted by Crippen LogP contribution is -2.45. The van der Waals surface area contributed by atoms with Gasteiger partial charge in [-0.2, -0.15) is 0 Å². The van der Waals surface area contributed by atoms with Gasteiger partial charge in [0.1, 0.15) is 5.82 Å². The molecule has 4 rings (SSSR count). The van der Waals surface area contributed by atoms with Crippen LogP contribution in [0.3, 0.4) is 0 Å². The minimum atomic E-state index is -0.455. The first-order valence-corrected chi connectivity index (χ1v) is 9.61. The van der Waals surface area contributed by atoms with E-state index in [2.05, 4.69) is 15.6 Å². The number of urea groups is 1. The maximum absolute atomic E-state index is 14.7. The Balaban J connectivity index is 1.47. The Labute approximate surface area is 168 Å². The van der Waals surface area contributed by atoms with Gasteiger partial charge in [0.2, 0.25) is 0 Å². The zero-order valence-corrected chi connectivity index (χ0v) is 16.4. The second kappa shape index (κ2) is 8.05. The van der Waals surface area contributed by atoms with Gasteiger partial charge in [-0.25, -0.2) is 9.18 Å². The first-order valence-electron chi connectivity index (χ1n) is 9.61. The lowest BCUT2D eigenvalue weighted by Gasteiger charge is -2.37. The van der Waals surface area contributed by atoms with Crippen molar-refractivity contribution < 1.29 is 13.9 Å². The molecule has 3 aromatic rings. The molecule has 29 heavy (non-hydrogen) atoms. The quantitative estimate of drug-likeness (QED) is 0.680. The summed E-state index contributed by atoms with van der Waals surface area (Å²) in [5.41, 5.74) is 2.18. The fourth-order valence-electron chi connectivity index (χ4n) is 3.71.